The molecule has 0 unspecified atom stereocenters. The van der Waals surface area contributed by atoms with Crippen LogP contribution in [-0.4, -0.2) is 50.7 Å². The summed E-state index contributed by atoms with van der Waals surface area (Å²) in [5.74, 6) is -1.13. The highest BCUT2D eigenvalue weighted by Crippen LogP contribution is 2.28. The molecule has 0 atom stereocenters. The Morgan fingerprint density at radius 2 is 1.81 bits per heavy atom. The summed E-state index contributed by atoms with van der Waals surface area (Å²) in [7, 11) is 0. The molecule has 116 valence electrons. The van der Waals surface area contributed by atoms with Crippen LogP contribution in [0.5, 0.6) is 0 Å². The molecule has 0 saturated carbocycles. The van der Waals surface area contributed by atoms with E-state index in [2.05, 4.69) is 0 Å². The molecular weight excluding hydrogens is 272 g/mol. The van der Waals surface area contributed by atoms with Crippen LogP contribution in [0.15, 0.2) is 18.3 Å². The molecule has 1 saturated heterocycles. The molecule has 6 nitrogen and oxygen atoms in total. The van der Waals surface area contributed by atoms with Gasteiger partial charge in [-0.15, -0.1) is 0 Å². The molecule has 1 aromatic rings. The number of ether oxygens (including phenoxy) is 1. The van der Waals surface area contributed by atoms with E-state index in [4.69, 9.17) is 9.84 Å². The van der Waals surface area contributed by atoms with Gasteiger partial charge < -0.3 is 19.3 Å². The van der Waals surface area contributed by atoms with Crippen molar-refractivity contribution in [1.29, 1.82) is 0 Å². The van der Waals surface area contributed by atoms with E-state index in [1.54, 1.807) is 17.2 Å². The number of aromatic nitrogens is 1. The standard InChI is InChI=1S/C15H22N2O4/c1-14(2)9-17(10-15(3,4)21-14)12(18)8-16-7-5-6-11(16)13(19)20/h5-7H,8-10H2,1-4H3,(H,19,20). The first-order valence-electron chi connectivity index (χ1n) is 6.96. The summed E-state index contributed by atoms with van der Waals surface area (Å²) in [6.07, 6.45) is 1.61. The topological polar surface area (TPSA) is 71.8 Å². The smallest absolute Gasteiger partial charge is 0.352 e. The summed E-state index contributed by atoms with van der Waals surface area (Å²) in [6.45, 7) is 8.83. The molecule has 21 heavy (non-hydrogen) atoms. The van der Waals surface area contributed by atoms with Gasteiger partial charge in [0.15, 0.2) is 0 Å². The average Bonchev–Trinajstić information content (AvgIpc) is 2.72. The van der Waals surface area contributed by atoms with Crippen LogP contribution in [0.2, 0.25) is 0 Å². The highest BCUT2D eigenvalue weighted by molar-refractivity contribution is 5.87. The fraction of sp³-hybridized carbons (Fsp3) is 0.600. The van der Waals surface area contributed by atoms with E-state index in [9.17, 15) is 9.59 Å². The first kappa shape index (κ1) is 15.6. The normalized spacial score (nSPS) is 20.3. The lowest BCUT2D eigenvalue weighted by Crippen LogP contribution is -2.59. The quantitative estimate of drug-likeness (QED) is 0.919. The molecule has 0 aromatic carbocycles. The van der Waals surface area contributed by atoms with Crippen molar-refractivity contribution < 1.29 is 19.4 Å². The van der Waals surface area contributed by atoms with Crippen LogP contribution < -0.4 is 0 Å². The molecule has 0 bridgehead atoms. The monoisotopic (exact) mass is 294 g/mol. The summed E-state index contributed by atoms with van der Waals surface area (Å²) < 4.78 is 7.40. The Morgan fingerprint density at radius 1 is 1.24 bits per heavy atom. The number of carboxylic acid groups (broad SMARTS) is 1. The van der Waals surface area contributed by atoms with Crippen LogP contribution in [0.3, 0.4) is 0 Å². The van der Waals surface area contributed by atoms with Gasteiger partial charge >= 0.3 is 5.97 Å². The number of amides is 1. The van der Waals surface area contributed by atoms with Crippen molar-refractivity contribution in [3.8, 4) is 0 Å². The van der Waals surface area contributed by atoms with Crippen LogP contribution in [-0.2, 0) is 16.1 Å². The third-order valence-electron chi connectivity index (χ3n) is 3.40. The Balaban J connectivity index is 2.13. The Labute approximate surface area is 124 Å². The summed E-state index contributed by atoms with van der Waals surface area (Å²) >= 11 is 0. The van der Waals surface area contributed by atoms with Gasteiger partial charge in [-0.05, 0) is 39.8 Å². The van der Waals surface area contributed by atoms with Crippen molar-refractivity contribution in [1.82, 2.24) is 9.47 Å². The van der Waals surface area contributed by atoms with Crippen molar-refractivity contribution in [2.75, 3.05) is 13.1 Å². The Bertz CT molecular complexity index is 544. The van der Waals surface area contributed by atoms with E-state index in [0.717, 1.165) is 0 Å². The Hall–Kier alpha value is -1.82. The zero-order valence-electron chi connectivity index (χ0n) is 12.9. The molecule has 1 fully saturated rings. The van der Waals surface area contributed by atoms with Crippen LogP contribution in [0.25, 0.3) is 0 Å². The van der Waals surface area contributed by atoms with E-state index < -0.39 is 17.2 Å². The first-order chi connectivity index (χ1) is 9.60. The SMILES string of the molecule is CC1(C)CN(C(=O)Cn2cccc2C(=O)O)CC(C)(C)O1. The number of carbonyl (C=O) groups excluding carboxylic acids is 1. The summed E-state index contributed by atoms with van der Waals surface area (Å²) in [6, 6.07) is 3.12. The first-order valence-corrected chi connectivity index (χ1v) is 6.96. The molecule has 1 aromatic heterocycles. The molecule has 1 aliphatic rings. The van der Waals surface area contributed by atoms with E-state index >= 15 is 0 Å². The number of rotatable bonds is 3. The summed E-state index contributed by atoms with van der Waals surface area (Å²) in [4.78, 5) is 25.3. The molecule has 1 N–H and O–H groups in total. The second-order valence-electron chi connectivity index (χ2n) is 6.70. The molecule has 6 heteroatoms. The summed E-state index contributed by atoms with van der Waals surface area (Å²) in [5, 5.41) is 9.08. The van der Waals surface area contributed by atoms with Crippen molar-refractivity contribution in [3.05, 3.63) is 24.0 Å². The molecule has 0 aliphatic carbocycles. The van der Waals surface area contributed by atoms with Crippen LogP contribution in [0, 0.1) is 0 Å². The third kappa shape index (κ3) is 3.64. The minimum Gasteiger partial charge on any atom is -0.477 e. The lowest BCUT2D eigenvalue weighted by atomic mass is 9.99. The average molecular weight is 294 g/mol. The molecule has 1 amide bonds. The van der Waals surface area contributed by atoms with E-state index in [-0.39, 0.29) is 18.1 Å². The van der Waals surface area contributed by atoms with Gasteiger partial charge in [0.25, 0.3) is 0 Å². The maximum Gasteiger partial charge on any atom is 0.352 e. The number of morpholine rings is 1. The van der Waals surface area contributed by atoms with Crippen molar-refractivity contribution in [2.24, 2.45) is 0 Å². The maximum atomic E-state index is 12.5. The van der Waals surface area contributed by atoms with Gasteiger partial charge in [-0.2, -0.15) is 0 Å². The van der Waals surface area contributed by atoms with Gasteiger partial charge in [0, 0.05) is 19.3 Å². The molecule has 0 radical (unpaired) electrons. The van der Waals surface area contributed by atoms with E-state index in [0.29, 0.717) is 13.1 Å². The Morgan fingerprint density at radius 3 is 2.33 bits per heavy atom. The van der Waals surface area contributed by atoms with Crippen LogP contribution >= 0.6 is 0 Å². The predicted molar refractivity (Wildman–Crippen MR) is 77.2 cm³/mol. The number of hydrogen-bond acceptors (Lipinski definition) is 3. The molecule has 2 rings (SSSR count). The van der Waals surface area contributed by atoms with Crippen LogP contribution in [0.1, 0.15) is 38.2 Å². The third-order valence-corrected chi connectivity index (χ3v) is 3.40. The second kappa shape index (κ2) is 5.18. The van der Waals surface area contributed by atoms with Gasteiger partial charge in [-0.25, -0.2) is 4.79 Å². The fourth-order valence-corrected chi connectivity index (χ4v) is 2.96. The predicted octanol–water partition coefficient (Wildman–Crippen LogP) is 1.60. The van der Waals surface area contributed by atoms with E-state index in [1.807, 2.05) is 27.7 Å². The molecule has 1 aliphatic heterocycles. The number of nitrogens with zero attached hydrogens (tertiary/aromatic N) is 2. The zero-order valence-corrected chi connectivity index (χ0v) is 12.9. The van der Waals surface area contributed by atoms with Crippen molar-refractivity contribution in [2.45, 2.75) is 45.4 Å². The number of aromatic carboxylic acids is 1. The zero-order chi connectivity index (χ0) is 15.8. The number of carboxylic acids is 1. The molecule has 2 heterocycles. The molecular formula is C15H22N2O4. The summed E-state index contributed by atoms with van der Waals surface area (Å²) in [5.41, 5.74) is -0.705. The van der Waals surface area contributed by atoms with Crippen LogP contribution in [0.4, 0.5) is 0 Å². The highest BCUT2D eigenvalue weighted by Gasteiger charge is 2.39. The minimum absolute atomic E-state index is 0.0286. The number of carbonyl (C=O) groups is 2. The lowest BCUT2D eigenvalue weighted by Gasteiger charge is -2.47. The Kier molecular flexibility index (Phi) is 3.84. The largest absolute Gasteiger partial charge is 0.477 e. The highest BCUT2D eigenvalue weighted by atomic mass is 16.5. The van der Waals surface area contributed by atoms with Crippen molar-refractivity contribution >= 4 is 11.9 Å². The van der Waals surface area contributed by atoms with Crippen molar-refractivity contribution in [3.63, 3.8) is 0 Å². The number of hydrogen-bond donors (Lipinski definition) is 1. The minimum atomic E-state index is -1.03. The van der Waals surface area contributed by atoms with Gasteiger partial charge in [0.2, 0.25) is 5.91 Å². The molecule has 0 spiro atoms. The fourth-order valence-electron chi connectivity index (χ4n) is 2.96. The van der Waals surface area contributed by atoms with E-state index in [1.165, 1.54) is 10.6 Å². The van der Waals surface area contributed by atoms with Gasteiger partial charge in [-0.3, -0.25) is 4.79 Å². The van der Waals surface area contributed by atoms with Gasteiger partial charge in [0.05, 0.1) is 11.2 Å². The van der Waals surface area contributed by atoms with Gasteiger partial charge in [0.1, 0.15) is 12.2 Å². The second-order valence-corrected chi connectivity index (χ2v) is 6.70. The lowest BCUT2D eigenvalue weighted by molar-refractivity contribution is -0.188. The van der Waals surface area contributed by atoms with Gasteiger partial charge in [-0.1, -0.05) is 0 Å². The maximum absolute atomic E-state index is 12.5.